The van der Waals surface area contributed by atoms with Gasteiger partial charge in [0.2, 0.25) is 5.82 Å². The van der Waals surface area contributed by atoms with Crippen molar-refractivity contribution >= 4 is 11.7 Å². The predicted octanol–water partition coefficient (Wildman–Crippen LogP) is -0.0772. The number of nitrogens with two attached hydrogens (primary N) is 1. The molecule has 0 spiro atoms. The largest absolute Gasteiger partial charge is 0.378 e. The topological polar surface area (TPSA) is 129 Å². The molecule has 0 aromatic heterocycles. The fraction of sp³-hybridized carbons (Fsp3) is 0. The Labute approximate surface area is 102 Å². The minimum atomic E-state index is -0.746. The van der Waals surface area contributed by atoms with Crippen LogP contribution in [0.25, 0.3) is 0 Å². The minimum absolute atomic E-state index is 0.0775. The molecule has 5 N–H and O–H groups in total. The van der Waals surface area contributed by atoms with Gasteiger partial charge in [-0.1, -0.05) is 30.3 Å². The number of amidine groups is 2. The molecule has 8 nitrogen and oxygen atoms in total. The average molecular weight is 246 g/mol. The van der Waals surface area contributed by atoms with Crippen molar-refractivity contribution < 1.29 is 4.92 Å². The van der Waals surface area contributed by atoms with Crippen LogP contribution in [-0.2, 0) is 0 Å². The first-order chi connectivity index (χ1) is 8.59. The van der Waals surface area contributed by atoms with E-state index in [1.807, 2.05) is 18.2 Å². The molecule has 0 fully saturated rings. The second kappa shape index (κ2) is 4.53. The van der Waals surface area contributed by atoms with Crippen LogP contribution in [0.5, 0.6) is 0 Å². The van der Waals surface area contributed by atoms with E-state index in [0.717, 1.165) is 5.56 Å². The van der Waals surface area contributed by atoms with Crippen LogP contribution < -0.4 is 16.6 Å². The smallest absolute Gasteiger partial charge is 0.354 e. The zero-order valence-electron chi connectivity index (χ0n) is 9.18. The number of nitrogens with zero attached hydrogens (tertiary/aromatic N) is 2. The van der Waals surface area contributed by atoms with Crippen molar-refractivity contribution in [1.82, 2.24) is 10.9 Å². The van der Waals surface area contributed by atoms with Gasteiger partial charge in [0.1, 0.15) is 0 Å². The first-order valence-corrected chi connectivity index (χ1v) is 4.99. The number of aliphatic imine (C=N–C) groups is 1. The van der Waals surface area contributed by atoms with Crippen molar-refractivity contribution in [2.45, 2.75) is 0 Å². The van der Waals surface area contributed by atoms with Crippen molar-refractivity contribution in [3.8, 4) is 0 Å². The Hall–Kier alpha value is -2.90. The Kier molecular flexibility index (Phi) is 2.92. The molecule has 1 aromatic carbocycles. The number of rotatable bonds is 3. The average Bonchev–Trinajstić information content (AvgIpc) is 2.78. The van der Waals surface area contributed by atoms with Crippen molar-refractivity contribution in [1.29, 1.82) is 5.41 Å². The Morgan fingerprint density at radius 2 is 2.00 bits per heavy atom. The van der Waals surface area contributed by atoms with Gasteiger partial charge in [0.25, 0.3) is 0 Å². The summed E-state index contributed by atoms with van der Waals surface area (Å²) in [5.41, 5.74) is 10.6. The lowest BCUT2D eigenvalue weighted by atomic mass is 10.2. The summed E-state index contributed by atoms with van der Waals surface area (Å²) in [4.78, 5) is 14.0. The van der Waals surface area contributed by atoms with Crippen LogP contribution in [0.15, 0.2) is 46.8 Å². The molecule has 18 heavy (non-hydrogen) atoms. The lowest BCUT2D eigenvalue weighted by molar-refractivity contribution is -0.416. The van der Waals surface area contributed by atoms with Gasteiger partial charge >= 0.3 is 5.70 Å². The molecule has 1 aliphatic heterocycles. The number of nitro groups is 1. The summed E-state index contributed by atoms with van der Waals surface area (Å²) in [5.74, 6) is -0.292. The summed E-state index contributed by atoms with van der Waals surface area (Å²) in [6, 6.07) is 9.09. The molecular weight excluding hydrogens is 236 g/mol. The maximum Gasteiger partial charge on any atom is 0.354 e. The van der Waals surface area contributed by atoms with Gasteiger partial charge in [-0.05, 0) is 0 Å². The van der Waals surface area contributed by atoms with Crippen LogP contribution in [0, 0.1) is 15.5 Å². The van der Waals surface area contributed by atoms with Crippen molar-refractivity contribution in [2.75, 3.05) is 0 Å². The second-order valence-electron chi connectivity index (χ2n) is 3.44. The maximum atomic E-state index is 10.8. The summed E-state index contributed by atoms with van der Waals surface area (Å²) >= 11 is 0. The third kappa shape index (κ3) is 2.12. The number of benzene rings is 1. The highest BCUT2D eigenvalue weighted by Crippen LogP contribution is 2.10. The van der Waals surface area contributed by atoms with E-state index < -0.39 is 16.5 Å². The lowest BCUT2D eigenvalue weighted by Crippen LogP contribution is -2.32. The fourth-order valence-electron chi connectivity index (χ4n) is 1.44. The van der Waals surface area contributed by atoms with E-state index in [0.29, 0.717) is 5.84 Å². The molecule has 0 saturated carbocycles. The lowest BCUT2D eigenvalue weighted by Gasteiger charge is -2.00. The van der Waals surface area contributed by atoms with Crippen molar-refractivity contribution in [3.05, 3.63) is 57.5 Å². The van der Waals surface area contributed by atoms with Crippen LogP contribution in [0.4, 0.5) is 0 Å². The van der Waals surface area contributed by atoms with E-state index in [1.54, 1.807) is 12.1 Å². The van der Waals surface area contributed by atoms with Gasteiger partial charge in [0.05, 0.1) is 4.92 Å². The van der Waals surface area contributed by atoms with Gasteiger partial charge < -0.3 is 5.73 Å². The highest BCUT2D eigenvalue weighted by atomic mass is 16.6. The number of hydrogen-bond donors (Lipinski definition) is 4. The molecular formula is C10H10N6O2. The molecule has 0 radical (unpaired) electrons. The first kappa shape index (κ1) is 11.6. The third-order valence-electron chi connectivity index (χ3n) is 2.23. The number of nitrogens with one attached hydrogen (secondary N) is 3. The standard InChI is InChI=1S/C10H10N6O2/c11-8(12)7(16(17)18)10-13-9(14-15-10)6-4-2-1-3-5-6/h1-5,15H,(H3,11,12)(H,13,14)/b10-7-. The van der Waals surface area contributed by atoms with E-state index >= 15 is 0 Å². The fourth-order valence-corrected chi connectivity index (χ4v) is 1.44. The van der Waals surface area contributed by atoms with Gasteiger partial charge in [-0.2, -0.15) is 0 Å². The molecule has 0 amide bonds. The summed E-state index contributed by atoms with van der Waals surface area (Å²) in [6.45, 7) is 0. The van der Waals surface area contributed by atoms with E-state index in [2.05, 4.69) is 15.8 Å². The van der Waals surface area contributed by atoms with Crippen LogP contribution in [0.2, 0.25) is 0 Å². The molecule has 92 valence electrons. The molecule has 1 heterocycles. The van der Waals surface area contributed by atoms with E-state index in [1.165, 1.54) is 0 Å². The minimum Gasteiger partial charge on any atom is -0.378 e. The summed E-state index contributed by atoms with van der Waals surface area (Å²) in [5, 5.41) is 17.9. The van der Waals surface area contributed by atoms with E-state index in [4.69, 9.17) is 11.1 Å². The van der Waals surface area contributed by atoms with Crippen LogP contribution in [-0.4, -0.2) is 16.6 Å². The van der Waals surface area contributed by atoms with Gasteiger partial charge in [0, 0.05) is 5.56 Å². The van der Waals surface area contributed by atoms with Crippen LogP contribution in [0.3, 0.4) is 0 Å². The van der Waals surface area contributed by atoms with Gasteiger partial charge in [-0.25, -0.2) is 4.99 Å². The van der Waals surface area contributed by atoms with Gasteiger partial charge in [-0.3, -0.25) is 26.4 Å². The Morgan fingerprint density at radius 1 is 1.33 bits per heavy atom. The summed E-state index contributed by atoms with van der Waals surface area (Å²) < 4.78 is 0. The number of hydrazine groups is 1. The number of hydrogen-bond acceptors (Lipinski definition) is 6. The third-order valence-corrected chi connectivity index (χ3v) is 2.23. The highest BCUT2D eigenvalue weighted by molar-refractivity contribution is 6.01. The van der Waals surface area contributed by atoms with E-state index in [9.17, 15) is 10.1 Å². The van der Waals surface area contributed by atoms with Crippen LogP contribution in [0.1, 0.15) is 5.56 Å². The molecule has 0 bridgehead atoms. The SMILES string of the molecule is N=C(N)/C(=C1\N=C(c2ccccc2)NN1)[N+](=O)[O-]. The molecule has 0 aliphatic carbocycles. The van der Waals surface area contributed by atoms with Crippen LogP contribution >= 0.6 is 0 Å². The zero-order valence-corrected chi connectivity index (χ0v) is 9.18. The monoisotopic (exact) mass is 246 g/mol. The first-order valence-electron chi connectivity index (χ1n) is 4.99. The van der Waals surface area contributed by atoms with Gasteiger partial charge in [0.15, 0.2) is 11.7 Å². The summed E-state index contributed by atoms with van der Waals surface area (Å²) in [7, 11) is 0. The molecule has 2 rings (SSSR count). The van der Waals surface area contributed by atoms with Crippen molar-refractivity contribution in [3.63, 3.8) is 0 Å². The normalized spacial score (nSPS) is 16.3. The predicted molar refractivity (Wildman–Crippen MR) is 65.2 cm³/mol. The molecule has 1 aromatic rings. The van der Waals surface area contributed by atoms with E-state index in [-0.39, 0.29) is 5.82 Å². The summed E-state index contributed by atoms with van der Waals surface area (Å²) in [6.07, 6.45) is 0. The molecule has 0 unspecified atom stereocenters. The zero-order chi connectivity index (χ0) is 13.1. The second-order valence-corrected chi connectivity index (χ2v) is 3.44. The molecule has 8 heteroatoms. The Balaban J connectivity index is 2.41. The maximum absolute atomic E-state index is 10.8. The molecule has 1 aliphatic rings. The Bertz CT molecular complexity index is 547. The Morgan fingerprint density at radius 3 is 2.56 bits per heavy atom. The molecule has 0 saturated heterocycles. The quantitative estimate of drug-likeness (QED) is 0.256. The molecule has 0 atom stereocenters. The highest BCUT2D eigenvalue weighted by Gasteiger charge is 2.26. The van der Waals surface area contributed by atoms with Gasteiger partial charge in [-0.15, -0.1) is 0 Å². The van der Waals surface area contributed by atoms with Crippen molar-refractivity contribution in [2.24, 2.45) is 10.7 Å².